The highest BCUT2D eigenvalue weighted by Gasteiger charge is 2.30. The smallest absolute Gasteiger partial charge is 0.222 e. The van der Waals surface area contributed by atoms with Crippen LogP contribution in [-0.2, 0) is 27.2 Å². The van der Waals surface area contributed by atoms with E-state index in [0.717, 1.165) is 22.4 Å². The maximum Gasteiger partial charge on any atom is 0.222 e. The molecule has 0 spiro atoms. The molecule has 2 N–H and O–H groups in total. The summed E-state index contributed by atoms with van der Waals surface area (Å²) >= 11 is 6.28. The van der Waals surface area contributed by atoms with E-state index in [1.165, 1.54) is 0 Å². The van der Waals surface area contributed by atoms with Gasteiger partial charge in [0.1, 0.15) is 0 Å². The number of nitrogens with zero attached hydrogens (tertiary/aromatic N) is 3. The van der Waals surface area contributed by atoms with E-state index >= 15 is 0 Å². The fraction of sp³-hybridized carbons (Fsp3) is 0.400. The number of carbonyl (C=O) groups excluding carboxylic acids is 1. The SMILES string of the molecule is CNC(=O)CCOCCOCCn1nc(Nc2cccnc2Cl)c2c1-c1cc(OC)c(OC)cc1C2. The van der Waals surface area contributed by atoms with Crippen LogP contribution in [-0.4, -0.2) is 68.4 Å². The Morgan fingerprint density at radius 3 is 2.58 bits per heavy atom. The number of rotatable bonds is 13. The van der Waals surface area contributed by atoms with Crippen LogP contribution < -0.4 is 20.1 Å². The first-order chi connectivity index (χ1) is 17.5. The number of amides is 1. The van der Waals surface area contributed by atoms with Gasteiger partial charge in [-0.2, -0.15) is 5.10 Å². The van der Waals surface area contributed by atoms with Gasteiger partial charge in [0, 0.05) is 37.2 Å². The number of methoxy groups -OCH3 is 2. The molecule has 1 aliphatic carbocycles. The molecule has 0 saturated heterocycles. The van der Waals surface area contributed by atoms with Crippen LogP contribution in [0.3, 0.4) is 0 Å². The van der Waals surface area contributed by atoms with Crippen LogP contribution >= 0.6 is 11.6 Å². The Morgan fingerprint density at radius 2 is 1.86 bits per heavy atom. The highest BCUT2D eigenvalue weighted by Crippen LogP contribution is 2.45. The van der Waals surface area contributed by atoms with Crippen molar-refractivity contribution in [2.24, 2.45) is 0 Å². The summed E-state index contributed by atoms with van der Waals surface area (Å²) in [6.07, 6.45) is 2.66. The molecule has 1 aromatic carbocycles. The molecular formula is C25H30ClN5O5. The van der Waals surface area contributed by atoms with E-state index in [0.29, 0.717) is 74.0 Å². The number of benzene rings is 1. The van der Waals surface area contributed by atoms with Crippen LogP contribution in [0.15, 0.2) is 30.5 Å². The van der Waals surface area contributed by atoms with Crippen molar-refractivity contribution in [3.8, 4) is 22.8 Å². The van der Waals surface area contributed by atoms with Gasteiger partial charge in [-0.3, -0.25) is 9.48 Å². The van der Waals surface area contributed by atoms with Crippen LogP contribution in [0, 0.1) is 0 Å². The Kier molecular flexibility index (Phi) is 8.63. The zero-order chi connectivity index (χ0) is 25.5. The summed E-state index contributed by atoms with van der Waals surface area (Å²) in [5.74, 6) is 2.01. The van der Waals surface area contributed by atoms with Gasteiger partial charge < -0.3 is 29.6 Å². The molecule has 192 valence electrons. The second kappa shape index (κ2) is 12.1. The highest BCUT2D eigenvalue weighted by molar-refractivity contribution is 6.32. The highest BCUT2D eigenvalue weighted by atomic mass is 35.5. The summed E-state index contributed by atoms with van der Waals surface area (Å²) < 4.78 is 24.2. The summed E-state index contributed by atoms with van der Waals surface area (Å²) in [5, 5.41) is 11.1. The van der Waals surface area contributed by atoms with Crippen LogP contribution in [0.2, 0.25) is 5.15 Å². The molecule has 10 nitrogen and oxygen atoms in total. The van der Waals surface area contributed by atoms with Gasteiger partial charge in [0.05, 0.1) is 58.6 Å². The molecule has 1 amide bonds. The number of nitrogens with one attached hydrogen (secondary N) is 2. The predicted molar refractivity (Wildman–Crippen MR) is 136 cm³/mol. The normalized spacial score (nSPS) is 11.7. The minimum atomic E-state index is -0.0463. The van der Waals surface area contributed by atoms with Gasteiger partial charge in [0.15, 0.2) is 22.5 Å². The molecule has 0 bridgehead atoms. The third-order valence-electron chi connectivity index (χ3n) is 5.87. The first kappa shape index (κ1) is 25.7. The predicted octanol–water partition coefficient (Wildman–Crippen LogP) is 3.43. The van der Waals surface area contributed by atoms with Gasteiger partial charge in [-0.25, -0.2) is 4.98 Å². The molecule has 2 heterocycles. The van der Waals surface area contributed by atoms with Crippen molar-refractivity contribution in [1.82, 2.24) is 20.1 Å². The lowest BCUT2D eigenvalue weighted by molar-refractivity contribution is -0.121. The molecular weight excluding hydrogens is 486 g/mol. The molecule has 3 aromatic rings. The number of aromatic nitrogens is 3. The summed E-state index contributed by atoms with van der Waals surface area (Å²) in [6.45, 7) is 2.19. The summed E-state index contributed by atoms with van der Waals surface area (Å²) in [7, 11) is 4.86. The van der Waals surface area contributed by atoms with Crippen molar-refractivity contribution in [3.63, 3.8) is 0 Å². The quantitative estimate of drug-likeness (QED) is 0.206. The van der Waals surface area contributed by atoms with E-state index in [9.17, 15) is 4.79 Å². The second-order valence-corrected chi connectivity index (χ2v) is 8.41. The Bertz CT molecular complexity index is 1220. The van der Waals surface area contributed by atoms with Crippen LogP contribution in [0.4, 0.5) is 11.5 Å². The van der Waals surface area contributed by atoms with E-state index < -0.39 is 0 Å². The Morgan fingerprint density at radius 1 is 1.11 bits per heavy atom. The van der Waals surface area contributed by atoms with Crippen LogP contribution in [0.25, 0.3) is 11.3 Å². The lowest BCUT2D eigenvalue weighted by Crippen LogP contribution is -2.20. The molecule has 36 heavy (non-hydrogen) atoms. The number of ether oxygens (including phenoxy) is 4. The molecule has 0 radical (unpaired) electrons. The number of hydrogen-bond acceptors (Lipinski definition) is 8. The molecule has 0 aliphatic heterocycles. The number of hydrogen-bond donors (Lipinski definition) is 2. The Balaban J connectivity index is 1.49. The standard InChI is InChI=1S/C25H30ClN5O5/c1-27-22(32)6-9-35-11-12-36-10-8-31-23-17-15-21(34-3)20(33-2)14-16(17)13-18(23)25(30-31)29-19-5-4-7-28-24(19)26/h4-5,7,14-15H,6,8-13H2,1-3H3,(H,27,32)(H,29,30). The van der Waals surface area contributed by atoms with E-state index in [1.807, 2.05) is 28.9 Å². The van der Waals surface area contributed by atoms with E-state index in [-0.39, 0.29) is 5.91 Å². The van der Waals surface area contributed by atoms with E-state index in [2.05, 4.69) is 15.6 Å². The lowest BCUT2D eigenvalue weighted by atomic mass is 10.1. The molecule has 0 saturated carbocycles. The average Bonchev–Trinajstić information content (AvgIpc) is 3.42. The minimum Gasteiger partial charge on any atom is -0.493 e. The van der Waals surface area contributed by atoms with E-state index in [1.54, 1.807) is 27.5 Å². The number of halogens is 1. The molecule has 2 aromatic heterocycles. The largest absolute Gasteiger partial charge is 0.493 e. The molecule has 0 atom stereocenters. The fourth-order valence-corrected chi connectivity index (χ4v) is 4.24. The van der Waals surface area contributed by atoms with E-state index in [4.69, 9.17) is 35.6 Å². The average molecular weight is 516 g/mol. The molecule has 0 fully saturated rings. The third-order valence-corrected chi connectivity index (χ3v) is 6.17. The van der Waals surface area contributed by atoms with Crippen molar-refractivity contribution < 1.29 is 23.7 Å². The zero-order valence-electron chi connectivity index (χ0n) is 20.6. The van der Waals surface area contributed by atoms with Crippen molar-refractivity contribution in [3.05, 3.63) is 46.7 Å². The molecule has 1 aliphatic rings. The Hall–Kier alpha value is -3.34. The molecule has 4 rings (SSSR count). The van der Waals surface area contributed by atoms with Crippen LogP contribution in [0.1, 0.15) is 17.5 Å². The van der Waals surface area contributed by atoms with Crippen molar-refractivity contribution in [1.29, 1.82) is 0 Å². The topological polar surface area (TPSA) is 109 Å². The van der Waals surface area contributed by atoms with Gasteiger partial charge in [-0.1, -0.05) is 11.6 Å². The van der Waals surface area contributed by atoms with Gasteiger partial charge in [0.25, 0.3) is 0 Å². The van der Waals surface area contributed by atoms with Gasteiger partial charge in [-0.05, 0) is 29.8 Å². The van der Waals surface area contributed by atoms with Gasteiger partial charge >= 0.3 is 0 Å². The zero-order valence-corrected chi connectivity index (χ0v) is 21.4. The molecule has 11 heteroatoms. The summed E-state index contributed by atoms with van der Waals surface area (Å²) in [6, 6.07) is 7.68. The van der Waals surface area contributed by atoms with Gasteiger partial charge in [0.2, 0.25) is 5.91 Å². The summed E-state index contributed by atoms with van der Waals surface area (Å²) in [4.78, 5) is 15.4. The van der Waals surface area contributed by atoms with Crippen molar-refractivity contribution in [2.45, 2.75) is 19.4 Å². The number of pyridine rings is 1. The number of carbonyl (C=O) groups is 1. The van der Waals surface area contributed by atoms with Crippen molar-refractivity contribution >= 4 is 29.0 Å². The first-order valence-electron chi connectivity index (χ1n) is 11.6. The monoisotopic (exact) mass is 515 g/mol. The lowest BCUT2D eigenvalue weighted by Gasteiger charge is -2.12. The Labute approximate surface area is 214 Å². The van der Waals surface area contributed by atoms with Crippen molar-refractivity contribution in [2.75, 3.05) is 53.0 Å². The number of fused-ring (bicyclic) bond motifs is 3. The van der Waals surface area contributed by atoms with Crippen LogP contribution in [0.5, 0.6) is 11.5 Å². The fourth-order valence-electron chi connectivity index (χ4n) is 4.08. The second-order valence-electron chi connectivity index (χ2n) is 8.05. The van der Waals surface area contributed by atoms with Gasteiger partial charge in [-0.15, -0.1) is 0 Å². The molecule has 0 unspecified atom stereocenters. The maximum absolute atomic E-state index is 11.2. The minimum absolute atomic E-state index is 0.0463. The number of anilines is 2. The first-order valence-corrected chi connectivity index (χ1v) is 12.0. The summed E-state index contributed by atoms with van der Waals surface area (Å²) in [5.41, 5.74) is 4.90. The maximum atomic E-state index is 11.2. The third kappa shape index (κ3) is 5.72.